The van der Waals surface area contributed by atoms with Crippen LogP contribution in [0.3, 0.4) is 0 Å². The predicted molar refractivity (Wildman–Crippen MR) is 73.6 cm³/mol. The number of carbonyl (C=O) groups is 2. The fraction of sp³-hybridized carbons (Fsp3) is 0.467. The number of rotatable bonds is 4. The van der Waals surface area contributed by atoms with E-state index in [-0.39, 0.29) is 11.8 Å². The van der Waals surface area contributed by atoms with E-state index in [1.54, 1.807) is 4.90 Å². The third-order valence-electron chi connectivity index (χ3n) is 3.46. The van der Waals surface area contributed by atoms with Crippen LogP contribution < -0.4 is 5.32 Å². The van der Waals surface area contributed by atoms with Crippen molar-refractivity contribution < 1.29 is 9.59 Å². The van der Waals surface area contributed by atoms with Crippen LogP contribution in [0.15, 0.2) is 24.3 Å². The fourth-order valence-corrected chi connectivity index (χ4v) is 2.52. The van der Waals surface area contributed by atoms with Crippen LogP contribution in [0.1, 0.15) is 37.4 Å². The van der Waals surface area contributed by atoms with E-state index in [4.69, 9.17) is 0 Å². The Morgan fingerprint density at radius 2 is 2.11 bits per heavy atom. The lowest BCUT2D eigenvalue weighted by Gasteiger charge is -2.35. The zero-order valence-electron chi connectivity index (χ0n) is 11.5. The molecule has 1 aromatic rings. The van der Waals surface area contributed by atoms with Crippen molar-refractivity contribution in [3.63, 3.8) is 0 Å². The Kier molecular flexibility index (Phi) is 4.20. The van der Waals surface area contributed by atoms with Crippen molar-refractivity contribution in [3.05, 3.63) is 35.4 Å². The number of nitrogens with one attached hydrogen (secondary N) is 1. The first-order chi connectivity index (χ1) is 9.19. The lowest BCUT2D eigenvalue weighted by molar-refractivity contribution is -0.141. The molecule has 0 aromatic heterocycles. The summed E-state index contributed by atoms with van der Waals surface area (Å²) in [5, 5.41) is 2.89. The predicted octanol–water partition coefficient (Wildman–Crippen LogP) is 1.66. The van der Waals surface area contributed by atoms with Crippen molar-refractivity contribution in [3.8, 4) is 0 Å². The second kappa shape index (κ2) is 5.87. The van der Waals surface area contributed by atoms with Crippen molar-refractivity contribution in [2.24, 2.45) is 0 Å². The van der Waals surface area contributed by atoms with Gasteiger partial charge in [-0.3, -0.25) is 9.59 Å². The van der Waals surface area contributed by atoms with Crippen molar-refractivity contribution in [1.82, 2.24) is 10.2 Å². The molecule has 2 rings (SSSR count). The largest absolute Gasteiger partial charge is 0.354 e. The molecule has 0 radical (unpaired) electrons. The number of benzene rings is 1. The molecule has 4 heteroatoms. The van der Waals surface area contributed by atoms with Gasteiger partial charge in [-0.1, -0.05) is 31.2 Å². The van der Waals surface area contributed by atoms with E-state index >= 15 is 0 Å². The first-order valence-electron chi connectivity index (χ1n) is 6.84. The summed E-state index contributed by atoms with van der Waals surface area (Å²) in [4.78, 5) is 26.1. The van der Waals surface area contributed by atoms with Crippen LogP contribution in [0.2, 0.25) is 0 Å². The smallest absolute Gasteiger partial charge is 0.247 e. The number of hydrogen-bond acceptors (Lipinski definition) is 2. The van der Waals surface area contributed by atoms with Gasteiger partial charge in [0, 0.05) is 13.1 Å². The topological polar surface area (TPSA) is 49.4 Å². The maximum absolute atomic E-state index is 12.3. The van der Waals surface area contributed by atoms with E-state index in [2.05, 4.69) is 5.32 Å². The third-order valence-corrected chi connectivity index (χ3v) is 3.46. The molecule has 0 aliphatic carbocycles. The van der Waals surface area contributed by atoms with E-state index in [1.807, 2.05) is 38.1 Å². The zero-order chi connectivity index (χ0) is 13.8. The minimum Gasteiger partial charge on any atom is -0.354 e. The van der Waals surface area contributed by atoms with E-state index in [0.717, 1.165) is 17.5 Å². The van der Waals surface area contributed by atoms with E-state index < -0.39 is 6.04 Å². The molecule has 0 unspecified atom stereocenters. The van der Waals surface area contributed by atoms with Crippen LogP contribution in [-0.2, 0) is 16.0 Å². The van der Waals surface area contributed by atoms with Gasteiger partial charge in [-0.05, 0) is 24.5 Å². The fourth-order valence-electron chi connectivity index (χ4n) is 2.52. The van der Waals surface area contributed by atoms with Gasteiger partial charge in [-0.15, -0.1) is 0 Å². The van der Waals surface area contributed by atoms with E-state index in [0.29, 0.717) is 19.5 Å². The second-order valence-corrected chi connectivity index (χ2v) is 4.75. The van der Waals surface area contributed by atoms with Gasteiger partial charge < -0.3 is 10.2 Å². The molecule has 1 N–H and O–H groups in total. The van der Waals surface area contributed by atoms with Crippen molar-refractivity contribution in [2.45, 2.75) is 32.7 Å². The lowest BCUT2D eigenvalue weighted by atomic mass is 9.91. The van der Waals surface area contributed by atoms with Crippen LogP contribution in [0.4, 0.5) is 0 Å². The van der Waals surface area contributed by atoms with Crippen LogP contribution in [0.5, 0.6) is 0 Å². The van der Waals surface area contributed by atoms with E-state index in [1.165, 1.54) is 0 Å². The summed E-state index contributed by atoms with van der Waals surface area (Å²) >= 11 is 0. The Bertz CT molecular complexity index is 485. The maximum Gasteiger partial charge on any atom is 0.247 e. The molecule has 0 saturated heterocycles. The van der Waals surface area contributed by atoms with Gasteiger partial charge in [-0.2, -0.15) is 0 Å². The van der Waals surface area contributed by atoms with Crippen molar-refractivity contribution >= 4 is 11.8 Å². The summed E-state index contributed by atoms with van der Waals surface area (Å²) in [6.07, 6.45) is 1.28. The monoisotopic (exact) mass is 260 g/mol. The number of likely N-dealkylation sites (N-methyl/N-ethyl adjacent to an activating group) is 1. The molecule has 1 atom stereocenters. The highest BCUT2D eigenvalue weighted by Gasteiger charge is 2.35. The molecule has 19 heavy (non-hydrogen) atoms. The average molecular weight is 260 g/mol. The molecule has 2 amide bonds. The van der Waals surface area contributed by atoms with Gasteiger partial charge >= 0.3 is 0 Å². The van der Waals surface area contributed by atoms with E-state index in [9.17, 15) is 9.59 Å². The molecule has 0 saturated carbocycles. The molecule has 1 aliphatic heterocycles. The summed E-state index contributed by atoms with van der Waals surface area (Å²) in [6, 6.07) is 7.23. The Morgan fingerprint density at radius 1 is 1.37 bits per heavy atom. The van der Waals surface area contributed by atoms with Gasteiger partial charge in [-0.25, -0.2) is 0 Å². The molecular formula is C15H20N2O2. The minimum absolute atomic E-state index is 0.0258. The molecule has 1 aromatic carbocycles. The average Bonchev–Trinajstić information content (AvgIpc) is 2.43. The number of carbonyl (C=O) groups excluding carboxylic acids is 2. The molecule has 102 valence electrons. The van der Waals surface area contributed by atoms with Gasteiger partial charge in [0.1, 0.15) is 6.04 Å². The SMILES string of the molecule is CCCNC(=O)[C@H]1c2ccccc2CC(=O)N1CC. The van der Waals surface area contributed by atoms with Crippen molar-refractivity contribution in [1.29, 1.82) is 0 Å². The van der Waals surface area contributed by atoms with Crippen LogP contribution in [0, 0.1) is 0 Å². The van der Waals surface area contributed by atoms with Gasteiger partial charge in [0.2, 0.25) is 11.8 Å². The summed E-state index contributed by atoms with van der Waals surface area (Å²) in [7, 11) is 0. The minimum atomic E-state index is -0.478. The highest BCUT2D eigenvalue weighted by atomic mass is 16.2. The van der Waals surface area contributed by atoms with Gasteiger partial charge in [0.15, 0.2) is 0 Å². The third kappa shape index (κ3) is 2.62. The molecule has 0 fully saturated rings. The standard InChI is InChI=1S/C15H20N2O2/c1-3-9-16-15(19)14-12-8-6-5-7-11(12)10-13(18)17(14)4-2/h5-8,14H,3-4,9-10H2,1-2H3,(H,16,19)/t14-/m1/s1. The first kappa shape index (κ1) is 13.6. The quantitative estimate of drug-likeness (QED) is 0.895. The number of nitrogens with zero attached hydrogens (tertiary/aromatic N) is 1. The Labute approximate surface area is 113 Å². The maximum atomic E-state index is 12.3. The second-order valence-electron chi connectivity index (χ2n) is 4.75. The highest BCUT2D eigenvalue weighted by Crippen LogP contribution is 2.30. The lowest BCUT2D eigenvalue weighted by Crippen LogP contribution is -2.47. The summed E-state index contributed by atoms with van der Waals surface area (Å²) < 4.78 is 0. The molecular weight excluding hydrogens is 240 g/mol. The Balaban J connectivity index is 2.35. The van der Waals surface area contributed by atoms with Crippen LogP contribution in [0.25, 0.3) is 0 Å². The van der Waals surface area contributed by atoms with Crippen LogP contribution in [-0.4, -0.2) is 29.8 Å². The Hall–Kier alpha value is -1.84. The van der Waals surface area contributed by atoms with Crippen LogP contribution >= 0.6 is 0 Å². The number of hydrogen-bond donors (Lipinski definition) is 1. The summed E-state index contributed by atoms with van der Waals surface area (Å²) in [5.41, 5.74) is 1.92. The number of amides is 2. The molecule has 0 spiro atoms. The highest BCUT2D eigenvalue weighted by molar-refractivity contribution is 5.92. The van der Waals surface area contributed by atoms with Gasteiger partial charge in [0.05, 0.1) is 6.42 Å². The first-order valence-corrected chi connectivity index (χ1v) is 6.84. The summed E-state index contributed by atoms with van der Waals surface area (Å²) in [6.45, 7) is 5.12. The Morgan fingerprint density at radius 3 is 2.79 bits per heavy atom. The summed E-state index contributed by atoms with van der Waals surface area (Å²) in [5.74, 6) is -0.0537. The molecule has 4 nitrogen and oxygen atoms in total. The molecule has 0 bridgehead atoms. The normalized spacial score (nSPS) is 18.1. The molecule has 1 aliphatic rings. The number of fused-ring (bicyclic) bond motifs is 1. The van der Waals surface area contributed by atoms with Crippen molar-refractivity contribution in [2.75, 3.05) is 13.1 Å². The van der Waals surface area contributed by atoms with Gasteiger partial charge in [0.25, 0.3) is 0 Å². The molecule has 1 heterocycles. The zero-order valence-corrected chi connectivity index (χ0v) is 11.5.